The second-order valence-corrected chi connectivity index (χ2v) is 5.89. The molecule has 21 heavy (non-hydrogen) atoms. The molecule has 0 aliphatic carbocycles. The molecule has 2 rings (SSSR count). The van der Waals surface area contributed by atoms with E-state index in [0.717, 1.165) is 45.6 Å². The van der Waals surface area contributed by atoms with E-state index in [1.807, 2.05) is 0 Å². The predicted molar refractivity (Wildman–Crippen MR) is 86.9 cm³/mol. The van der Waals surface area contributed by atoms with Crippen LogP contribution in [0, 0.1) is 5.92 Å². The summed E-state index contributed by atoms with van der Waals surface area (Å²) < 4.78 is 1.79. The van der Waals surface area contributed by atoms with Crippen molar-refractivity contribution < 1.29 is 0 Å². The average molecular weight is 292 g/mol. The largest absolute Gasteiger partial charge is 0.352 e. The van der Waals surface area contributed by atoms with Gasteiger partial charge in [-0.2, -0.15) is 0 Å². The summed E-state index contributed by atoms with van der Waals surface area (Å²) in [6.07, 6.45) is 7.94. The number of nitrogens with zero attached hydrogens (tertiary/aromatic N) is 3. The minimum absolute atomic E-state index is 0.0572. The first-order valence-corrected chi connectivity index (χ1v) is 8.27. The zero-order chi connectivity index (χ0) is 15.1. The van der Waals surface area contributed by atoms with Crippen molar-refractivity contribution in [1.29, 1.82) is 0 Å². The van der Waals surface area contributed by atoms with Gasteiger partial charge in [0, 0.05) is 32.0 Å². The summed E-state index contributed by atoms with van der Waals surface area (Å²) >= 11 is 0. The monoisotopic (exact) mass is 292 g/mol. The Morgan fingerprint density at radius 1 is 1.33 bits per heavy atom. The van der Waals surface area contributed by atoms with Gasteiger partial charge in [-0.3, -0.25) is 4.79 Å². The molecule has 1 aliphatic rings. The van der Waals surface area contributed by atoms with Gasteiger partial charge in [0.15, 0.2) is 5.82 Å². The van der Waals surface area contributed by atoms with Crippen LogP contribution in [0.25, 0.3) is 0 Å². The number of rotatable bonds is 7. The van der Waals surface area contributed by atoms with Gasteiger partial charge >= 0.3 is 0 Å². The van der Waals surface area contributed by atoms with E-state index in [1.54, 1.807) is 17.0 Å². The molecule has 1 N–H and O–H groups in total. The van der Waals surface area contributed by atoms with E-state index in [2.05, 4.69) is 29.0 Å². The highest BCUT2D eigenvalue weighted by atomic mass is 16.1. The van der Waals surface area contributed by atoms with Crippen molar-refractivity contribution in [2.24, 2.45) is 5.92 Å². The van der Waals surface area contributed by atoms with Crippen molar-refractivity contribution in [2.75, 3.05) is 31.1 Å². The first-order valence-electron chi connectivity index (χ1n) is 8.27. The molecule has 0 unspecified atom stereocenters. The fourth-order valence-electron chi connectivity index (χ4n) is 3.00. The topological polar surface area (TPSA) is 50.2 Å². The molecule has 0 amide bonds. The maximum Gasteiger partial charge on any atom is 0.293 e. The van der Waals surface area contributed by atoms with Crippen molar-refractivity contribution in [3.05, 3.63) is 22.7 Å². The van der Waals surface area contributed by atoms with Crippen LogP contribution >= 0.6 is 0 Å². The Bertz CT molecular complexity index is 479. The molecule has 1 aromatic heterocycles. The Balaban J connectivity index is 2.16. The van der Waals surface area contributed by atoms with Crippen LogP contribution in [0.1, 0.15) is 39.5 Å². The van der Waals surface area contributed by atoms with E-state index in [0.29, 0.717) is 11.7 Å². The van der Waals surface area contributed by atoms with Crippen LogP contribution in [0.2, 0.25) is 0 Å². The van der Waals surface area contributed by atoms with Gasteiger partial charge in [0.2, 0.25) is 0 Å². The number of nitrogens with one attached hydrogen (secondary N) is 1. The van der Waals surface area contributed by atoms with E-state index in [9.17, 15) is 4.79 Å². The molecule has 0 bridgehead atoms. The molecule has 0 atom stereocenters. The van der Waals surface area contributed by atoms with Crippen molar-refractivity contribution in [2.45, 2.75) is 46.1 Å². The maximum atomic E-state index is 12.6. The van der Waals surface area contributed by atoms with Crippen LogP contribution in [0.15, 0.2) is 17.2 Å². The number of aromatic nitrogens is 2. The molecule has 1 fully saturated rings. The SMILES string of the molecule is CCCN(CC1CCNCC1)c1nccn(CCC)c1=O. The highest BCUT2D eigenvalue weighted by Gasteiger charge is 2.20. The second-order valence-electron chi connectivity index (χ2n) is 5.89. The highest BCUT2D eigenvalue weighted by Crippen LogP contribution is 2.16. The number of hydrogen-bond acceptors (Lipinski definition) is 4. The summed E-state index contributed by atoms with van der Waals surface area (Å²) in [5.41, 5.74) is 0.0572. The predicted octanol–water partition coefficient (Wildman–Crippen LogP) is 1.87. The molecule has 2 heterocycles. The van der Waals surface area contributed by atoms with Gasteiger partial charge in [-0.05, 0) is 44.7 Å². The van der Waals surface area contributed by atoms with Crippen LogP contribution in [-0.2, 0) is 6.54 Å². The Kier molecular flexibility index (Phi) is 6.23. The van der Waals surface area contributed by atoms with Crippen LogP contribution in [0.4, 0.5) is 5.82 Å². The van der Waals surface area contributed by atoms with E-state index in [1.165, 1.54) is 12.8 Å². The second kappa shape index (κ2) is 8.17. The van der Waals surface area contributed by atoms with Crippen molar-refractivity contribution >= 4 is 5.82 Å². The molecule has 0 saturated carbocycles. The Morgan fingerprint density at radius 2 is 2.10 bits per heavy atom. The molecule has 1 aromatic rings. The van der Waals surface area contributed by atoms with Crippen molar-refractivity contribution in [1.82, 2.24) is 14.9 Å². The van der Waals surface area contributed by atoms with Crippen LogP contribution in [0.3, 0.4) is 0 Å². The third kappa shape index (κ3) is 4.30. The first kappa shape index (κ1) is 16.0. The lowest BCUT2D eigenvalue weighted by molar-refractivity contribution is 0.372. The molecular weight excluding hydrogens is 264 g/mol. The van der Waals surface area contributed by atoms with Gasteiger partial charge in [0.1, 0.15) is 0 Å². The number of hydrogen-bond donors (Lipinski definition) is 1. The number of piperidine rings is 1. The van der Waals surface area contributed by atoms with Crippen molar-refractivity contribution in [3.63, 3.8) is 0 Å². The Labute approximate surface area is 127 Å². The molecule has 5 heteroatoms. The standard InChI is InChI=1S/C16H28N4O/c1-3-10-19-12-9-18-15(16(19)21)20(11-4-2)13-14-5-7-17-8-6-14/h9,12,14,17H,3-8,10-11,13H2,1-2H3. The molecule has 0 radical (unpaired) electrons. The summed E-state index contributed by atoms with van der Waals surface area (Å²) in [4.78, 5) is 19.1. The fourth-order valence-corrected chi connectivity index (χ4v) is 3.00. The van der Waals surface area contributed by atoms with Gasteiger partial charge in [-0.15, -0.1) is 0 Å². The smallest absolute Gasteiger partial charge is 0.293 e. The van der Waals surface area contributed by atoms with Gasteiger partial charge < -0.3 is 14.8 Å². The van der Waals surface area contributed by atoms with Gasteiger partial charge in [0.25, 0.3) is 5.56 Å². The lowest BCUT2D eigenvalue weighted by atomic mass is 9.97. The lowest BCUT2D eigenvalue weighted by Gasteiger charge is -2.30. The number of anilines is 1. The molecular formula is C16H28N4O. The summed E-state index contributed by atoms with van der Waals surface area (Å²) in [5, 5.41) is 3.40. The molecule has 1 aliphatic heterocycles. The molecule has 1 saturated heterocycles. The maximum absolute atomic E-state index is 12.6. The first-order chi connectivity index (χ1) is 10.3. The number of aryl methyl sites for hydroxylation is 1. The third-order valence-electron chi connectivity index (χ3n) is 4.09. The summed E-state index contributed by atoms with van der Waals surface area (Å²) in [6.45, 7) is 9.05. The normalized spacial score (nSPS) is 16.1. The molecule has 5 nitrogen and oxygen atoms in total. The molecule has 0 aromatic carbocycles. The zero-order valence-electron chi connectivity index (χ0n) is 13.3. The Hall–Kier alpha value is -1.36. The van der Waals surface area contributed by atoms with Gasteiger partial charge in [0.05, 0.1) is 0 Å². The van der Waals surface area contributed by atoms with Crippen LogP contribution < -0.4 is 15.8 Å². The highest BCUT2D eigenvalue weighted by molar-refractivity contribution is 5.35. The average Bonchev–Trinajstić information content (AvgIpc) is 2.50. The molecule has 0 spiro atoms. The van der Waals surface area contributed by atoms with E-state index >= 15 is 0 Å². The summed E-state index contributed by atoms with van der Waals surface area (Å²) in [6, 6.07) is 0. The third-order valence-corrected chi connectivity index (χ3v) is 4.09. The minimum atomic E-state index is 0.0572. The van der Waals surface area contributed by atoms with Gasteiger partial charge in [-0.25, -0.2) is 4.98 Å². The lowest BCUT2D eigenvalue weighted by Crippen LogP contribution is -2.40. The summed E-state index contributed by atoms with van der Waals surface area (Å²) in [7, 11) is 0. The van der Waals surface area contributed by atoms with Crippen LogP contribution in [0.5, 0.6) is 0 Å². The minimum Gasteiger partial charge on any atom is -0.352 e. The van der Waals surface area contributed by atoms with Gasteiger partial charge in [-0.1, -0.05) is 13.8 Å². The van der Waals surface area contributed by atoms with E-state index in [-0.39, 0.29) is 5.56 Å². The molecule has 118 valence electrons. The van der Waals surface area contributed by atoms with Crippen LogP contribution in [-0.4, -0.2) is 35.7 Å². The fraction of sp³-hybridized carbons (Fsp3) is 0.750. The van der Waals surface area contributed by atoms with E-state index < -0.39 is 0 Å². The Morgan fingerprint density at radius 3 is 2.76 bits per heavy atom. The zero-order valence-corrected chi connectivity index (χ0v) is 13.3. The van der Waals surface area contributed by atoms with E-state index in [4.69, 9.17) is 0 Å². The summed E-state index contributed by atoms with van der Waals surface area (Å²) in [5.74, 6) is 1.30. The quantitative estimate of drug-likeness (QED) is 0.833. The van der Waals surface area contributed by atoms with Crippen molar-refractivity contribution in [3.8, 4) is 0 Å².